The predicted molar refractivity (Wildman–Crippen MR) is 82.6 cm³/mol. The standard InChI is InChI=1S/C15H22N2O3S/c1-3-11-10(2)21-14(16-11)17-12(18)8-15(9-13(19)20)6-4-5-7-15/h3-9H2,1-2H3,(H,19,20)(H,16,17,18). The Morgan fingerprint density at radius 3 is 2.52 bits per heavy atom. The Kier molecular flexibility index (Phi) is 4.98. The zero-order chi connectivity index (χ0) is 15.5. The van der Waals surface area contributed by atoms with E-state index in [9.17, 15) is 9.59 Å². The number of rotatable bonds is 6. The van der Waals surface area contributed by atoms with Crippen LogP contribution in [0.2, 0.25) is 0 Å². The molecule has 0 spiro atoms. The smallest absolute Gasteiger partial charge is 0.303 e. The Morgan fingerprint density at radius 1 is 1.33 bits per heavy atom. The fraction of sp³-hybridized carbons (Fsp3) is 0.667. The van der Waals surface area contributed by atoms with Gasteiger partial charge in [0.2, 0.25) is 5.91 Å². The third-order valence-electron chi connectivity index (χ3n) is 4.20. The molecule has 1 saturated carbocycles. The van der Waals surface area contributed by atoms with Gasteiger partial charge in [0.25, 0.3) is 0 Å². The van der Waals surface area contributed by atoms with Crippen molar-refractivity contribution in [3.63, 3.8) is 0 Å². The Labute approximate surface area is 128 Å². The number of aryl methyl sites for hydroxylation is 2. The second-order valence-corrected chi connectivity index (χ2v) is 7.08. The minimum absolute atomic E-state index is 0.0809. The van der Waals surface area contributed by atoms with E-state index in [0.29, 0.717) is 5.13 Å². The van der Waals surface area contributed by atoms with Crippen LogP contribution in [0, 0.1) is 12.3 Å². The lowest BCUT2D eigenvalue weighted by atomic mass is 9.79. The van der Waals surface area contributed by atoms with Gasteiger partial charge in [-0.25, -0.2) is 4.98 Å². The highest BCUT2D eigenvalue weighted by atomic mass is 32.1. The third kappa shape index (κ3) is 4.03. The molecule has 1 aliphatic rings. The number of aliphatic carboxylic acids is 1. The summed E-state index contributed by atoms with van der Waals surface area (Å²) in [6, 6.07) is 0. The van der Waals surface area contributed by atoms with Crippen molar-refractivity contribution in [3.05, 3.63) is 10.6 Å². The fourth-order valence-electron chi connectivity index (χ4n) is 3.18. The molecular weight excluding hydrogens is 288 g/mol. The Bertz CT molecular complexity index is 533. The van der Waals surface area contributed by atoms with Crippen LogP contribution in [0.1, 0.15) is 56.0 Å². The third-order valence-corrected chi connectivity index (χ3v) is 5.13. The molecule has 0 atom stereocenters. The van der Waals surface area contributed by atoms with Crippen molar-refractivity contribution in [2.24, 2.45) is 5.41 Å². The van der Waals surface area contributed by atoms with Gasteiger partial charge in [0.1, 0.15) is 0 Å². The van der Waals surface area contributed by atoms with Gasteiger partial charge in [-0.3, -0.25) is 9.59 Å². The van der Waals surface area contributed by atoms with Crippen LogP contribution in [0.4, 0.5) is 5.13 Å². The van der Waals surface area contributed by atoms with E-state index in [2.05, 4.69) is 10.3 Å². The highest BCUT2D eigenvalue weighted by Gasteiger charge is 2.38. The van der Waals surface area contributed by atoms with Gasteiger partial charge in [-0.1, -0.05) is 19.8 Å². The molecule has 5 nitrogen and oxygen atoms in total. The zero-order valence-corrected chi connectivity index (χ0v) is 13.4. The number of amides is 1. The summed E-state index contributed by atoms with van der Waals surface area (Å²) in [5.74, 6) is -0.933. The Morgan fingerprint density at radius 2 is 2.00 bits per heavy atom. The average Bonchev–Trinajstić information content (AvgIpc) is 2.95. The summed E-state index contributed by atoms with van der Waals surface area (Å²) < 4.78 is 0. The summed E-state index contributed by atoms with van der Waals surface area (Å²) in [7, 11) is 0. The lowest BCUT2D eigenvalue weighted by Crippen LogP contribution is -2.27. The molecule has 0 saturated heterocycles. The zero-order valence-electron chi connectivity index (χ0n) is 12.6. The summed E-state index contributed by atoms with van der Waals surface area (Å²) >= 11 is 1.48. The van der Waals surface area contributed by atoms with Crippen molar-refractivity contribution >= 4 is 28.3 Å². The van der Waals surface area contributed by atoms with Crippen LogP contribution < -0.4 is 5.32 Å². The van der Waals surface area contributed by atoms with Gasteiger partial charge in [-0.2, -0.15) is 0 Å². The van der Waals surface area contributed by atoms with E-state index < -0.39 is 5.97 Å². The molecule has 21 heavy (non-hydrogen) atoms. The van der Waals surface area contributed by atoms with E-state index >= 15 is 0 Å². The molecule has 2 N–H and O–H groups in total. The maximum Gasteiger partial charge on any atom is 0.303 e. The largest absolute Gasteiger partial charge is 0.481 e. The molecule has 116 valence electrons. The molecule has 0 unspecified atom stereocenters. The quantitative estimate of drug-likeness (QED) is 0.844. The number of nitrogens with zero attached hydrogens (tertiary/aromatic N) is 1. The number of carbonyl (C=O) groups is 2. The van der Waals surface area contributed by atoms with Crippen molar-refractivity contribution in [3.8, 4) is 0 Å². The van der Waals surface area contributed by atoms with Crippen LogP contribution in [0.25, 0.3) is 0 Å². The molecule has 1 aromatic heterocycles. The van der Waals surface area contributed by atoms with E-state index in [-0.39, 0.29) is 24.2 Å². The van der Waals surface area contributed by atoms with E-state index in [1.54, 1.807) is 0 Å². The summed E-state index contributed by atoms with van der Waals surface area (Å²) in [6.07, 6.45) is 4.87. The summed E-state index contributed by atoms with van der Waals surface area (Å²) in [5.41, 5.74) is 0.645. The first kappa shape index (κ1) is 15.9. The highest BCUT2D eigenvalue weighted by molar-refractivity contribution is 7.15. The first-order valence-corrected chi connectivity index (χ1v) is 8.24. The lowest BCUT2D eigenvalue weighted by Gasteiger charge is -2.25. The van der Waals surface area contributed by atoms with Gasteiger partial charge in [-0.05, 0) is 31.6 Å². The Balaban J connectivity index is 2.00. The number of anilines is 1. The molecule has 0 bridgehead atoms. The van der Waals surface area contributed by atoms with Crippen LogP contribution in [-0.4, -0.2) is 22.0 Å². The van der Waals surface area contributed by atoms with Crippen molar-refractivity contribution < 1.29 is 14.7 Å². The van der Waals surface area contributed by atoms with Crippen LogP contribution >= 0.6 is 11.3 Å². The molecular formula is C15H22N2O3S. The highest BCUT2D eigenvalue weighted by Crippen LogP contribution is 2.44. The van der Waals surface area contributed by atoms with Crippen LogP contribution in [0.3, 0.4) is 0 Å². The summed E-state index contributed by atoms with van der Waals surface area (Å²) in [4.78, 5) is 28.8. The van der Waals surface area contributed by atoms with Gasteiger partial charge in [0.05, 0.1) is 12.1 Å². The van der Waals surface area contributed by atoms with Gasteiger partial charge in [0, 0.05) is 11.3 Å². The lowest BCUT2D eigenvalue weighted by molar-refractivity contribution is -0.140. The monoisotopic (exact) mass is 310 g/mol. The molecule has 1 fully saturated rings. The Hall–Kier alpha value is -1.43. The molecule has 0 aliphatic heterocycles. The fourth-order valence-corrected chi connectivity index (χ4v) is 4.09. The SMILES string of the molecule is CCc1nc(NC(=O)CC2(CC(=O)O)CCCC2)sc1C. The average molecular weight is 310 g/mol. The van der Waals surface area contributed by atoms with Crippen LogP contribution in [0.15, 0.2) is 0 Å². The number of carboxylic acid groups (broad SMARTS) is 1. The molecule has 0 radical (unpaired) electrons. The van der Waals surface area contributed by atoms with Gasteiger partial charge < -0.3 is 10.4 Å². The van der Waals surface area contributed by atoms with E-state index in [0.717, 1.165) is 42.7 Å². The summed E-state index contributed by atoms with van der Waals surface area (Å²) in [5, 5.41) is 12.5. The van der Waals surface area contributed by atoms with Gasteiger partial charge in [-0.15, -0.1) is 11.3 Å². The maximum absolute atomic E-state index is 12.2. The molecule has 0 aromatic carbocycles. The molecule has 1 aromatic rings. The number of carboxylic acids is 1. The van der Waals surface area contributed by atoms with Gasteiger partial charge in [0.15, 0.2) is 5.13 Å². The van der Waals surface area contributed by atoms with Crippen molar-refractivity contribution in [1.29, 1.82) is 0 Å². The first-order chi connectivity index (χ1) is 9.94. The molecule has 1 amide bonds. The number of nitrogens with one attached hydrogen (secondary N) is 1. The van der Waals surface area contributed by atoms with Crippen LogP contribution in [-0.2, 0) is 16.0 Å². The number of aromatic nitrogens is 1. The molecule has 6 heteroatoms. The number of thiazole rings is 1. The van der Waals surface area contributed by atoms with Crippen molar-refractivity contribution in [1.82, 2.24) is 4.98 Å². The van der Waals surface area contributed by atoms with Crippen LogP contribution in [0.5, 0.6) is 0 Å². The van der Waals surface area contributed by atoms with Crippen molar-refractivity contribution in [2.45, 2.75) is 58.8 Å². The number of hydrogen-bond acceptors (Lipinski definition) is 4. The predicted octanol–water partition coefficient (Wildman–Crippen LogP) is 3.38. The number of hydrogen-bond donors (Lipinski definition) is 2. The molecule has 2 rings (SSSR count). The summed E-state index contributed by atoms with van der Waals surface area (Å²) in [6.45, 7) is 4.03. The maximum atomic E-state index is 12.2. The second-order valence-electron chi connectivity index (χ2n) is 5.88. The van der Waals surface area contributed by atoms with E-state index in [1.807, 2.05) is 13.8 Å². The normalized spacial score (nSPS) is 16.9. The minimum atomic E-state index is -0.817. The van der Waals surface area contributed by atoms with E-state index in [4.69, 9.17) is 5.11 Å². The molecule has 1 aliphatic carbocycles. The topological polar surface area (TPSA) is 79.3 Å². The first-order valence-electron chi connectivity index (χ1n) is 7.42. The second kappa shape index (κ2) is 6.56. The minimum Gasteiger partial charge on any atom is -0.481 e. The number of carbonyl (C=O) groups excluding carboxylic acids is 1. The van der Waals surface area contributed by atoms with Gasteiger partial charge >= 0.3 is 5.97 Å². The van der Waals surface area contributed by atoms with E-state index in [1.165, 1.54) is 11.3 Å². The van der Waals surface area contributed by atoms with Crippen molar-refractivity contribution in [2.75, 3.05) is 5.32 Å². The molecule has 1 heterocycles.